The first-order valence-corrected chi connectivity index (χ1v) is 11.2. The summed E-state index contributed by atoms with van der Waals surface area (Å²) in [5, 5.41) is 11.3. The molecular weight excluding hydrogens is 460 g/mol. The molecule has 1 aliphatic rings. The molecule has 0 bridgehead atoms. The number of hydrogen-bond acceptors (Lipinski definition) is 7. The molecule has 2 heterocycles. The third-order valence-corrected chi connectivity index (χ3v) is 5.83. The third kappa shape index (κ3) is 4.79. The van der Waals surface area contributed by atoms with Crippen molar-refractivity contribution >= 4 is 17.4 Å². The van der Waals surface area contributed by atoms with Gasteiger partial charge in [0.1, 0.15) is 18.1 Å². The molecule has 0 spiro atoms. The van der Waals surface area contributed by atoms with Crippen LogP contribution in [-0.4, -0.2) is 47.5 Å². The fourth-order valence-corrected chi connectivity index (χ4v) is 4.12. The van der Waals surface area contributed by atoms with Crippen LogP contribution in [0.15, 0.2) is 85.2 Å². The van der Waals surface area contributed by atoms with E-state index in [1.807, 2.05) is 6.07 Å². The Morgan fingerprint density at radius 3 is 2.47 bits per heavy atom. The fraction of sp³-hybridized carbons (Fsp3) is 0.179. The molecule has 2 aromatic carbocycles. The van der Waals surface area contributed by atoms with Crippen molar-refractivity contribution in [1.29, 1.82) is 0 Å². The van der Waals surface area contributed by atoms with Crippen LogP contribution >= 0.6 is 0 Å². The van der Waals surface area contributed by atoms with Crippen molar-refractivity contribution in [2.24, 2.45) is 0 Å². The number of carbonyl (C=O) groups is 2. The van der Waals surface area contributed by atoms with Crippen molar-refractivity contribution < 1.29 is 28.9 Å². The van der Waals surface area contributed by atoms with Crippen LogP contribution in [0, 0.1) is 0 Å². The predicted molar refractivity (Wildman–Crippen MR) is 134 cm³/mol. The van der Waals surface area contributed by atoms with Gasteiger partial charge in [0.2, 0.25) is 0 Å². The second kappa shape index (κ2) is 10.8. The molecular formula is C28H26N2O6. The number of Topliss-reactive ketones (excluding diaryl/α,β-unsaturated/α-hetero) is 1. The Morgan fingerprint density at radius 1 is 1.08 bits per heavy atom. The maximum atomic E-state index is 13.3. The first-order chi connectivity index (χ1) is 17.5. The highest BCUT2D eigenvalue weighted by molar-refractivity contribution is 6.46. The van der Waals surface area contributed by atoms with Gasteiger partial charge >= 0.3 is 0 Å². The summed E-state index contributed by atoms with van der Waals surface area (Å²) in [5.74, 6) is -0.252. The molecule has 0 aliphatic carbocycles. The number of aromatic nitrogens is 1. The maximum absolute atomic E-state index is 13.3. The van der Waals surface area contributed by atoms with E-state index in [0.717, 1.165) is 5.56 Å². The van der Waals surface area contributed by atoms with E-state index in [2.05, 4.69) is 11.6 Å². The van der Waals surface area contributed by atoms with E-state index in [4.69, 9.17) is 14.2 Å². The number of nitrogens with zero attached hydrogens (tertiary/aromatic N) is 2. The first kappa shape index (κ1) is 24.5. The molecule has 8 heteroatoms. The smallest absolute Gasteiger partial charge is 0.295 e. The largest absolute Gasteiger partial charge is 0.507 e. The Bertz CT molecular complexity index is 1300. The number of ketones is 1. The minimum Gasteiger partial charge on any atom is -0.507 e. The maximum Gasteiger partial charge on any atom is 0.295 e. The van der Waals surface area contributed by atoms with Gasteiger partial charge in [0.05, 0.1) is 25.8 Å². The lowest BCUT2D eigenvalue weighted by Crippen LogP contribution is -2.29. The fourth-order valence-electron chi connectivity index (χ4n) is 4.12. The molecule has 36 heavy (non-hydrogen) atoms. The molecule has 3 aromatic rings. The normalized spacial score (nSPS) is 16.6. The SMILES string of the molecule is C=CCOc1ccc(C(O)=C2C(=O)C(=O)N(Cc3cccnc3)[C@@H]2c2ccc(OC)c(OC)c2)cc1. The van der Waals surface area contributed by atoms with Gasteiger partial charge in [-0.25, -0.2) is 0 Å². The topological polar surface area (TPSA) is 98.2 Å². The summed E-state index contributed by atoms with van der Waals surface area (Å²) >= 11 is 0. The Kier molecular flexibility index (Phi) is 7.34. The van der Waals surface area contributed by atoms with Crippen LogP contribution in [0.1, 0.15) is 22.7 Å². The number of pyridine rings is 1. The molecule has 1 atom stereocenters. The summed E-state index contributed by atoms with van der Waals surface area (Å²) in [4.78, 5) is 32.0. The minimum absolute atomic E-state index is 0.0177. The van der Waals surface area contributed by atoms with Crippen molar-refractivity contribution in [3.63, 3.8) is 0 Å². The first-order valence-electron chi connectivity index (χ1n) is 11.2. The van der Waals surface area contributed by atoms with E-state index < -0.39 is 17.7 Å². The summed E-state index contributed by atoms with van der Waals surface area (Å²) in [6.07, 6.45) is 4.89. The summed E-state index contributed by atoms with van der Waals surface area (Å²) < 4.78 is 16.3. The van der Waals surface area contributed by atoms with Crippen LogP contribution in [0.5, 0.6) is 17.2 Å². The van der Waals surface area contributed by atoms with Crippen molar-refractivity contribution in [3.8, 4) is 17.2 Å². The lowest BCUT2D eigenvalue weighted by atomic mass is 9.94. The lowest BCUT2D eigenvalue weighted by molar-refractivity contribution is -0.140. The highest BCUT2D eigenvalue weighted by Crippen LogP contribution is 2.42. The Hall–Kier alpha value is -4.59. The van der Waals surface area contributed by atoms with Crippen LogP contribution in [0.25, 0.3) is 5.76 Å². The standard InChI is InChI=1S/C28H26N2O6/c1-4-14-36-21-10-7-19(8-11-21)26(31)24-25(20-9-12-22(34-2)23(15-20)35-3)30(28(33)27(24)32)17-18-6-5-13-29-16-18/h4-13,15-16,25,31H,1,14,17H2,2-3H3/t25-/m1/s1. The predicted octanol–water partition coefficient (Wildman–Crippen LogP) is 4.29. The van der Waals surface area contributed by atoms with Gasteiger partial charge in [-0.2, -0.15) is 0 Å². The van der Waals surface area contributed by atoms with Crippen LogP contribution in [0.4, 0.5) is 0 Å². The lowest BCUT2D eigenvalue weighted by Gasteiger charge is -2.26. The molecule has 1 saturated heterocycles. The number of benzene rings is 2. The third-order valence-electron chi connectivity index (χ3n) is 5.83. The molecule has 0 saturated carbocycles. The van der Waals surface area contributed by atoms with Gasteiger partial charge in [-0.05, 0) is 53.6 Å². The number of hydrogen-bond donors (Lipinski definition) is 1. The van der Waals surface area contributed by atoms with E-state index in [0.29, 0.717) is 35.0 Å². The van der Waals surface area contributed by atoms with Gasteiger partial charge in [0, 0.05) is 24.5 Å². The Balaban J connectivity index is 1.83. The molecule has 0 unspecified atom stereocenters. The zero-order valence-corrected chi connectivity index (χ0v) is 20.0. The monoisotopic (exact) mass is 486 g/mol. The van der Waals surface area contributed by atoms with E-state index in [1.54, 1.807) is 67.0 Å². The number of rotatable bonds is 9. The molecule has 1 aromatic heterocycles. The second-order valence-electron chi connectivity index (χ2n) is 8.03. The molecule has 0 radical (unpaired) electrons. The van der Waals surface area contributed by atoms with Crippen molar-refractivity contribution in [2.45, 2.75) is 12.6 Å². The summed E-state index contributed by atoms with van der Waals surface area (Å²) in [6.45, 7) is 4.08. The van der Waals surface area contributed by atoms with Crippen LogP contribution in [-0.2, 0) is 16.1 Å². The average molecular weight is 487 g/mol. The van der Waals surface area contributed by atoms with Crippen molar-refractivity contribution in [2.75, 3.05) is 20.8 Å². The molecule has 8 nitrogen and oxygen atoms in total. The number of aliphatic hydroxyl groups excluding tert-OH is 1. The van der Waals surface area contributed by atoms with E-state index in [9.17, 15) is 14.7 Å². The highest BCUT2D eigenvalue weighted by atomic mass is 16.5. The van der Waals surface area contributed by atoms with Crippen LogP contribution < -0.4 is 14.2 Å². The summed E-state index contributed by atoms with van der Waals surface area (Å²) in [7, 11) is 3.03. The van der Waals surface area contributed by atoms with Crippen LogP contribution in [0.3, 0.4) is 0 Å². The van der Waals surface area contributed by atoms with Gasteiger partial charge in [-0.15, -0.1) is 0 Å². The number of amides is 1. The Morgan fingerprint density at radius 2 is 1.83 bits per heavy atom. The number of likely N-dealkylation sites (tertiary alicyclic amines) is 1. The molecule has 4 rings (SSSR count). The summed E-state index contributed by atoms with van der Waals surface area (Å²) in [6, 6.07) is 14.5. The quantitative estimate of drug-likeness (QED) is 0.209. The van der Waals surface area contributed by atoms with Crippen molar-refractivity contribution in [1.82, 2.24) is 9.88 Å². The van der Waals surface area contributed by atoms with E-state index in [1.165, 1.54) is 19.1 Å². The zero-order valence-electron chi connectivity index (χ0n) is 20.0. The van der Waals surface area contributed by atoms with Gasteiger partial charge < -0.3 is 24.2 Å². The van der Waals surface area contributed by atoms with Crippen LogP contribution in [0.2, 0.25) is 0 Å². The highest BCUT2D eigenvalue weighted by Gasteiger charge is 2.46. The van der Waals surface area contributed by atoms with Gasteiger partial charge in [-0.3, -0.25) is 14.6 Å². The molecule has 1 amide bonds. The zero-order chi connectivity index (χ0) is 25.7. The molecule has 184 valence electrons. The Labute approximate surface area is 209 Å². The summed E-state index contributed by atoms with van der Waals surface area (Å²) in [5.41, 5.74) is 1.69. The average Bonchev–Trinajstić information content (AvgIpc) is 3.16. The van der Waals surface area contributed by atoms with Gasteiger partial charge in [-0.1, -0.05) is 24.8 Å². The number of methoxy groups -OCH3 is 2. The van der Waals surface area contributed by atoms with E-state index >= 15 is 0 Å². The van der Waals surface area contributed by atoms with Gasteiger partial charge in [0.15, 0.2) is 11.5 Å². The molecule has 1 fully saturated rings. The molecule has 1 N–H and O–H groups in total. The second-order valence-corrected chi connectivity index (χ2v) is 8.03. The van der Waals surface area contributed by atoms with E-state index in [-0.39, 0.29) is 17.9 Å². The number of carbonyl (C=O) groups excluding carboxylic acids is 2. The minimum atomic E-state index is -0.860. The van der Waals surface area contributed by atoms with Crippen molar-refractivity contribution in [3.05, 3.63) is 102 Å². The van der Waals surface area contributed by atoms with Gasteiger partial charge in [0.25, 0.3) is 11.7 Å². The number of ether oxygens (including phenoxy) is 3. The number of aliphatic hydroxyl groups is 1. The molecule has 1 aliphatic heterocycles.